The predicted octanol–water partition coefficient (Wildman–Crippen LogP) is 2.92. The summed E-state index contributed by atoms with van der Waals surface area (Å²) in [4.78, 5) is 86.5. The van der Waals surface area contributed by atoms with E-state index in [1.54, 1.807) is 9.80 Å². The normalized spacial score (nSPS) is 19.4. The van der Waals surface area contributed by atoms with Crippen LogP contribution in [-0.2, 0) is 70.2 Å². The Morgan fingerprint density at radius 1 is 0.675 bits per heavy atom. The summed E-state index contributed by atoms with van der Waals surface area (Å²) < 4.78 is 25.7. The van der Waals surface area contributed by atoms with Gasteiger partial charge >= 0.3 is 53.7 Å². The Morgan fingerprint density at radius 2 is 1.08 bits per heavy atom. The van der Waals surface area contributed by atoms with Crippen LogP contribution < -0.4 is 34.9 Å². The summed E-state index contributed by atoms with van der Waals surface area (Å²) in [6.45, 7) is 20.9. The van der Waals surface area contributed by atoms with E-state index in [2.05, 4.69) is 44.8 Å². The molecule has 6 rings (SSSR count). The van der Waals surface area contributed by atoms with E-state index >= 15 is 0 Å². The molecule has 4 saturated heterocycles. The molecule has 25 heteroatoms. The zero-order valence-electron chi connectivity index (χ0n) is 46.6. The van der Waals surface area contributed by atoms with Gasteiger partial charge in [-0.2, -0.15) is 0 Å². The number of piperidine rings is 2. The quantitative estimate of drug-likeness (QED) is 0.176. The molecular weight excluding hydrogens is 1060 g/mol. The second kappa shape index (κ2) is 38.5. The number of benzene rings is 2. The van der Waals surface area contributed by atoms with Gasteiger partial charge in [0, 0.05) is 108 Å². The second-order valence-electron chi connectivity index (χ2n) is 19.9. The summed E-state index contributed by atoms with van der Waals surface area (Å²) in [5.41, 5.74) is 1.53. The number of hydrogen-bond donors (Lipinski definition) is 4. The Balaban J connectivity index is 0.00000102. The molecule has 2 aromatic carbocycles. The molecule has 4 atom stereocenters. The molecule has 3 radical (unpaired) electrons. The SMILES string of the molecule is CC(=O)O.CC(=O)OOC(C)=O.CC(C)(C)OC(=O)N1CCC(=O)CC1.CC(C)(C)OC(=O)N1CCC(N2C[C@H](CO)OC[C@@H]2Cc2ccc(Cl)cc2)CC1.OC[C@H]1CN[C@@H](Cc2ccc(Cl)cc2)CO1.[B-]OC(C)=O.[Na+]. The number of carbonyl (C=O) groups excluding carboxylic acids is 6. The number of rotatable bonds is 7. The smallest absolute Gasteiger partial charge is 0.793 e. The number of aliphatic hydroxyl groups excluding tert-OH is 2. The van der Waals surface area contributed by atoms with Gasteiger partial charge in [0.05, 0.1) is 38.6 Å². The maximum absolute atomic E-state index is 12.4. The molecule has 0 unspecified atom stereocenters. The predicted molar refractivity (Wildman–Crippen MR) is 283 cm³/mol. The minimum atomic E-state index is -0.833. The molecule has 0 aliphatic carbocycles. The number of amides is 2. The first-order valence-electron chi connectivity index (χ1n) is 24.9. The molecule has 427 valence electrons. The molecule has 0 spiro atoms. The van der Waals surface area contributed by atoms with Crippen LogP contribution >= 0.6 is 23.2 Å². The van der Waals surface area contributed by atoms with Crippen LogP contribution in [0.25, 0.3) is 0 Å². The molecule has 0 aromatic heterocycles. The number of aliphatic hydroxyl groups is 2. The van der Waals surface area contributed by atoms with E-state index in [0.29, 0.717) is 70.9 Å². The van der Waals surface area contributed by atoms with Crippen molar-refractivity contribution >= 4 is 73.1 Å². The fourth-order valence-electron chi connectivity index (χ4n) is 7.32. The number of ether oxygens (including phenoxy) is 4. The van der Waals surface area contributed by atoms with Crippen LogP contribution in [0.3, 0.4) is 0 Å². The molecule has 0 saturated carbocycles. The van der Waals surface area contributed by atoms with Crippen molar-refractivity contribution in [2.24, 2.45) is 0 Å². The number of carboxylic acids is 1. The molecular formula is C52H79BCl2N4NaO17. The fourth-order valence-corrected chi connectivity index (χ4v) is 7.57. The van der Waals surface area contributed by atoms with E-state index in [1.165, 1.54) is 18.1 Å². The summed E-state index contributed by atoms with van der Waals surface area (Å²) in [6.07, 6.45) is 3.76. The van der Waals surface area contributed by atoms with Crippen molar-refractivity contribution in [2.75, 3.05) is 65.7 Å². The Hall–Kier alpha value is -4.07. The topological polar surface area (TPSA) is 267 Å². The summed E-state index contributed by atoms with van der Waals surface area (Å²) in [5, 5.41) is 30.8. The molecule has 77 heavy (non-hydrogen) atoms. The zero-order valence-corrected chi connectivity index (χ0v) is 50.1. The van der Waals surface area contributed by atoms with Crippen LogP contribution in [0.1, 0.15) is 106 Å². The molecule has 4 aliphatic rings. The van der Waals surface area contributed by atoms with Gasteiger partial charge in [0.2, 0.25) is 5.97 Å². The average molecular weight is 1140 g/mol. The summed E-state index contributed by atoms with van der Waals surface area (Å²) >= 11 is 11.8. The third-order valence-corrected chi connectivity index (χ3v) is 11.3. The largest absolute Gasteiger partial charge is 1.00 e. The van der Waals surface area contributed by atoms with Gasteiger partial charge in [0.15, 0.2) is 0 Å². The van der Waals surface area contributed by atoms with Crippen LogP contribution in [0.2, 0.25) is 10.0 Å². The number of nitrogens with zero attached hydrogens (tertiary/aromatic N) is 3. The molecule has 21 nitrogen and oxygen atoms in total. The van der Waals surface area contributed by atoms with Gasteiger partial charge < -0.3 is 62.1 Å². The molecule has 2 amide bonds. The van der Waals surface area contributed by atoms with Crippen molar-refractivity contribution in [1.29, 1.82) is 0 Å². The van der Waals surface area contributed by atoms with Crippen LogP contribution in [-0.4, -0.2) is 187 Å². The van der Waals surface area contributed by atoms with E-state index in [9.17, 15) is 33.9 Å². The summed E-state index contributed by atoms with van der Waals surface area (Å²) in [6, 6.07) is 16.7. The first kappa shape index (κ1) is 72.9. The molecule has 4 aliphatic heterocycles. The Kier molecular flexibility index (Phi) is 36.5. The monoisotopic (exact) mass is 1140 g/mol. The van der Waals surface area contributed by atoms with E-state index < -0.39 is 35.1 Å². The van der Waals surface area contributed by atoms with Crippen LogP contribution in [0.5, 0.6) is 0 Å². The maximum atomic E-state index is 12.4. The minimum absolute atomic E-state index is 0. The average Bonchev–Trinajstić information content (AvgIpc) is 3.35. The van der Waals surface area contributed by atoms with Crippen molar-refractivity contribution in [2.45, 2.75) is 149 Å². The maximum Gasteiger partial charge on any atom is 1.00 e. The van der Waals surface area contributed by atoms with Crippen LogP contribution in [0.15, 0.2) is 48.5 Å². The van der Waals surface area contributed by atoms with Crippen molar-refractivity contribution in [1.82, 2.24) is 20.0 Å². The van der Waals surface area contributed by atoms with Crippen LogP contribution in [0.4, 0.5) is 9.59 Å². The number of nitrogens with one attached hydrogen (secondary N) is 1. The standard InChI is InChI=1S/C22H33ClN2O4.C12H16ClNO2.C10H17NO3.C4H6O4.C2H3BO2.C2H4O2.Na/c1-22(2,3)29-21(27)24-10-8-18(9-11-24)25-13-20(14-26)28-15-19(25)12-16-4-6-17(23)7-5-16;13-10-3-1-9(2-4-10)5-11-8-16-12(7-15)6-14-11;1-10(2,3)14-9(13)11-6-4-8(12)5-7-11;1-3(5)7-8-4(2)6;1-2(4)5-3;1-2(3)4;/h4-7,18-20,26H,8-15H2,1-3H3;1-4,11-12,14-15H,5-8H2;4-7H2,1-3H3;1-2H3;1H3;1H3,(H,3,4);/q;;;;-1;;+1/t19-,20+;11-,12+;;;;;/m00...../s1. The fraction of sp³-hybridized carbons (Fsp3) is 0.635. The number of morpholine rings is 2. The van der Waals surface area contributed by atoms with Crippen molar-refractivity contribution in [3.05, 3.63) is 69.7 Å². The second-order valence-corrected chi connectivity index (χ2v) is 20.7. The molecule has 2 aromatic rings. The van der Waals surface area contributed by atoms with Crippen LogP contribution in [0, 0.1) is 0 Å². The number of carbonyl (C=O) groups is 7. The third-order valence-electron chi connectivity index (χ3n) is 10.8. The van der Waals surface area contributed by atoms with Gasteiger partial charge in [0.25, 0.3) is 5.97 Å². The van der Waals surface area contributed by atoms with Gasteiger partial charge in [-0.3, -0.25) is 19.3 Å². The summed E-state index contributed by atoms with van der Waals surface area (Å²) in [5.74, 6) is -2.35. The number of Topliss-reactive ketones (excluding diaryl/α,β-unsaturated/α-hetero) is 1. The van der Waals surface area contributed by atoms with Gasteiger partial charge in [-0.1, -0.05) is 47.5 Å². The number of ketones is 1. The van der Waals surface area contributed by atoms with Crippen molar-refractivity contribution in [3.63, 3.8) is 0 Å². The number of hydrogen-bond acceptors (Lipinski definition) is 18. The van der Waals surface area contributed by atoms with E-state index in [4.69, 9.17) is 57.2 Å². The van der Waals surface area contributed by atoms with E-state index in [1.807, 2.05) is 77.9 Å². The van der Waals surface area contributed by atoms with Gasteiger partial charge in [0.1, 0.15) is 17.0 Å². The van der Waals surface area contributed by atoms with E-state index in [-0.39, 0.29) is 79.0 Å². The van der Waals surface area contributed by atoms with Gasteiger partial charge in [-0.25, -0.2) is 29.0 Å². The Labute approximate surface area is 486 Å². The first-order chi connectivity index (χ1) is 35.5. The molecule has 0 bridgehead atoms. The van der Waals surface area contributed by atoms with Crippen molar-refractivity contribution < 1.29 is 112 Å². The third kappa shape index (κ3) is 35.2. The zero-order chi connectivity index (χ0) is 57.6. The molecule has 4 fully saturated rings. The van der Waals surface area contributed by atoms with Gasteiger partial charge in [-0.05, 0) is 103 Å². The number of likely N-dealkylation sites (tertiary alicyclic amines) is 2. The number of carboxylic acid groups (broad SMARTS) is 1. The number of aliphatic carboxylic acids is 1. The summed E-state index contributed by atoms with van der Waals surface area (Å²) in [7, 11) is 4.32. The Morgan fingerprint density at radius 3 is 1.44 bits per heavy atom. The van der Waals surface area contributed by atoms with Crippen molar-refractivity contribution in [3.8, 4) is 0 Å². The van der Waals surface area contributed by atoms with Gasteiger partial charge in [-0.15, -0.1) is 0 Å². The first-order valence-corrected chi connectivity index (χ1v) is 25.6. The molecule has 4 heterocycles. The molecule has 4 N–H and O–H groups in total. The van der Waals surface area contributed by atoms with E-state index in [0.717, 1.165) is 63.0 Å². The Bertz CT molecular complexity index is 2040. The minimum Gasteiger partial charge on any atom is -0.793 e. The number of halogens is 2.